The van der Waals surface area contributed by atoms with Crippen molar-refractivity contribution < 1.29 is 39.0 Å². The number of hydrogen-bond donors (Lipinski definition) is 7. The first kappa shape index (κ1) is 23.2. The summed E-state index contributed by atoms with van der Waals surface area (Å²) in [5.74, 6) is -5.56. The molecule has 6 N–H and O–H groups in total. The SMILES string of the molecule is O=C(O)CC[C@@H]1NC(=O)CNC(=O)[C@H](CCC(=O)O)NC(=O)[C@H](CS)NC1=O. The maximum absolute atomic E-state index is 12.4. The standard InChI is InChI=1S/C15H22N4O8S/c20-10-5-16-13(25)7(1-3-11(21)22)18-15(27)9(6-28)19-14(26)8(17-10)2-4-12(23)24/h7-9,28H,1-6H2,(H,16,25)(H,17,20)(H,18,27)(H,19,26)(H,21,22)(H,23,24)/t7-,8-,9-/m0/s1. The van der Waals surface area contributed by atoms with Crippen molar-refractivity contribution >= 4 is 48.2 Å². The van der Waals surface area contributed by atoms with Gasteiger partial charge in [-0.1, -0.05) is 0 Å². The highest BCUT2D eigenvalue weighted by atomic mass is 32.1. The molecule has 156 valence electrons. The number of nitrogens with one attached hydrogen (secondary N) is 4. The summed E-state index contributed by atoms with van der Waals surface area (Å²) in [6.45, 7) is -0.537. The lowest BCUT2D eigenvalue weighted by atomic mass is 10.1. The number of carbonyl (C=O) groups is 6. The molecule has 3 atom stereocenters. The van der Waals surface area contributed by atoms with Crippen molar-refractivity contribution in [1.82, 2.24) is 21.3 Å². The fraction of sp³-hybridized carbons (Fsp3) is 0.600. The number of aliphatic carboxylic acids is 2. The lowest BCUT2D eigenvalue weighted by Crippen LogP contribution is -2.59. The van der Waals surface area contributed by atoms with Crippen LogP contribution in [0.25, 0.3) is 0 Å². The number of rotatable bonds is 7. The van der Waals surface area contributed by atoms with Gasteiger partial charge in [0.05, 0.1) is 6.54 Å². The van der Waals surface area contributed by atoms with E-state index in [1.54, 1.807) is 0 Å². The second-order valence-electron chi connectivity index (χ2n) is 6.01. The highest BCUT2D eigenvalue weighted by Crippen LogP contribution is 2.04. The topological polar surface area (TPSA) is 191 Å². The van der Waals surface area contributed by atoms with Crippen LogP contribution in [0.1, 0.15) is 25.7 Å². The van der Waals surface area contributed by atoms with Crippen LogP contribution in [0.5, 0.6) is 0 Å². The number of thiol groups is 1. The van der Waals surface area contributed by atoms with Crippen molar-refractivity contribution in [2.24, 2.45) is 0 Å². The average Bonchev–Trinajstić information content (AvgIpc) is 2.62. The molecule has 1 aliphatic rings. The maximum atomic E-state index is 12.4. The molecule has 28 heavy (non-hydrogen) atoms. The molecule has 13 heteroatoms. The van der Waals surface area contributed by atoms with Gasteiger partial charge in [0.2, 0.25) is 23.6 Å². The second kappa shape index (κ2) is 11.1. The Kier molecular flexibility index (Phi) is 9.21. The van der Waals surface area contributed by atoms with Gasteiger partial charge >= 0.3 is 11.9 Å². The molecule has 0 unspecified atom stereocenters. The molecule has 1 saturated heterocycles. The third-order valence-electron chi connectivity index (χ3n) is 3.82. The highest BCUT2D eigenvalue weighted by Gasteiger charge is 2.30. The van der Waals surface area contributed by atoms with Crippen molar-refractivity contribution in [2.75, 3.05) is 12.3 Å². The van der Waals surface area contributed by atoms with E-state index in [9.17, 15) is 28.8 Å². The smallest absolute Gasteiger partial charge is 0.303 e. The van der Waals surface area contributed by atoms with Gasteiger partial charge in [-0.3, -0.25) is 28.8 Å². The molecular formula is C15H22N4O8S. The van der Waals surface area contributed by atoms with E-state index >= 15 is 0 Å². The van der Waals surface area contributed by atoms with Gasteiger partial charge in [0.1, 0.15) is 18.1 Å². The molecular weight excluding hydrogens is 396 g/mol. The van der Waals surface area contributed by atoms with Gasteiger partial charge in [-0.2, -0.15) is 12.6 Å². The second-order valence-corrected chi connectivity index (χ2v) is 6.37. The molecule has 12 nitrogen and oxygen atoms in total. The van der Waals surface area contributed by atoms with E-state index in [1.807, 2.05) is 0 Å². The van der Waals surface area contributed by atoms with Crippen molar-refractivity contribution in [3.05, 3.63) is 0 Å². The maximum Gasteiger partial charge on any atom is 0.303 e. The summed E-state index contributed by atoms with van der Waals surface area (Å²) >= 11 is 3.97. The molecule has 0 aliphatic carbocycles. The van der Waals surface area contributed by atoms with Crippen LogP contribution in [0.4, 0.5) is 0 Å². The summed E-state index contributed by atoms with van der Waals surface area (Å²) in [5.41, 5.74) is 0. The van der Waals surface area contributed by atoms with E-state index in [0.717, 1.165) is 0 Å². The van der Waals surface area contributed by atoms with Gasteiger partial charge in [0.15, 0.2) is 0 Å². The molecule has 1 aliphatic heterocycles. The number of amides is 4. The predicted molar refractivity (Wildman–Crippen MR) is 96.4 cm³/mol. The third-order valence-corrected chi connectivity index (χ3v) is 4.18. The van der Waals surface area contributed by atoms with E-state index in [1.165, 1.54) is 0 Å². The van der Waals surface area contributed by atoms with Crippen molar-refractivity contribution in [2.45, 2.75) is 43.8 Å². The number of hydrogen-bond acceptors (Lipinski definition) is 7. The molecule has 1 fully saturated rings. The minimum Gasteiger partial charge on any atom is -0.481 e. The first-order valence-corrected chi connectivity index (χ1v) is 8.99. The van der Waals surface area contributed by atoms with Gasteiger partial charge < -0.3 is 31.5 Å². The van der Waals surface area contributed by atoms with Crippen LogP contribution in [0.15, 0.2) is 0 Å². The zero-order valence-electron chi connectivity index (χ0n) is 14.8. The van der Waals surface area contributed by atoms with Gasteiger partial charge in [0, 0.05) is 18.6 Å². The highest BCUT2D eigenvalue weighted by molar-refractivity contribution is 7.80. The Morgan fingerprint density at radius 1 is 0.821 bits per heavy atom. The van der Waals surface area contributed by atoms with Gasteiger partial charge in [0.25, 0.3) is 0 Å². The minimum absolute atomic E-state index is 0.148. The molecule has 1 heterocycles. The molecule has 0 bridgehead atoms. The molecule has 0 aromatic carbocycles. The van der Waals surface area contributed by atoms with Crippen LogP contribution in [0.2, 0.25) is 0 Å². The first-order chi connectivity index (χ1) is 13.1. The zero-order valence-corrected chi connectivity index (χ0v) is 15.7. The Morgan fingerprint density at radius 3 is 1.79 bits per heavy atom. The lowest BCUT2D eigenvalue weighted by Gasteiger charge is -2.25. The van der Waals surface area contributed by atoms with E-state index in [0.29, 0.717) is 0 Å². The first-order valence-electron chi connectivity index (χ1n) is 8.36. The van der Waals surface area contributed by atoms with Crippen molar-refractivity contribution in [3.63, 3.8) is 0 Å². The Labute approximate surface area is 165 Å². The van der Waals surface area contributed by atoms with Crippen LogP contribution < -0.4 is 21.3 Å². The van der Waals surface area contributed by atoms with E-state index in [4.69, 9.17) is 10.2 Å². The predicted octanol–water partition coefficient (Wildman–Crippen LogP) is -2.77. The van der Waals surface area contributed by atoms with Gasteiger partial charge in [-0.25, -0.2) is 0 Å². The number of carboxylic acid groups (broad SMARTS) is 2. The summed E-state index contributed by atoms with van der Waals surface area (Å²) in [5, 5.41) is 26.8. The summed E-state index contributed by atoms with van der Waals surface area (Å²) < 4.78 is 0. The van der Waals surface area contributed by atoms with E-state index in [2.05, 4.69) is 33.9 Å². The van der Waals surface area contributed by atoms with Crippen LogP contribution in [-0.4, -0.2) is 76.2 Å². The van der Waals surface area contributed by atoms with E-state index in [-0.39, 0.29) is 18.6 Å². The molecule has 0 aromatic rings. The van der Waals surface area contributed by atoms with Crippen molar-refractivity contribution in [3.8, 4) is 0 Å². The zero-order chi connectivity index (χ0) is 21.3. The number of carbonyl (C=O) groups excluding carboxylic acids is 4. The van der Waals surface area contributed by atoms with Gasteiger partial charge in [-0.15, -0.1) is 0 Å². The van der Waals surface area contributed by atoms with E-state index < -0.39 is 73.1 Å². The fourth-order valence-corrected chi connectivity index (χ4v) is 2.61. The molecule has 0 saturated carbocycles. The Balaban J connectivity index is 3.01. The molecule has 4 amide bonds. The summed E-state index contributed by atoms with van der Waals surface area (Å²) in [7, 11) is 0. The molecule has 0 aromatic heterocycles. The van der Waals surface area contributed by atoms with Crippen LogP contribution in [0.3, 0.4) is 0 Å². The summed E-state index contributed by atoms with van der Waals surface area (Å²) in [6, 6.07) is -3.63. The molecule has 1 rings (SSSR count). The Hall–Kier alpha value is -2.83. The normalized spacial score (nSPS) is 24.0. The minimum atomic E-state index is -1.22. The van der Waals surface area contributed by atoms with Crippen LogP contribution >= 0.6 is 12.6 Å². The van der Waals surface area contributed by atoms with Gasteiger partial charge in [-0.05, 0) is 12.8 Å². The average molecular weight is 418 g/mol. The number of carboxylic acids is 2. The monoisotopic (exact) mass is 418 g/mol. The van der Waals surface area contributed by atoms with Crippen LogP contribution in [0, 0.1) is 0 Å². The Bertz CT molecular complexity index is 640. The quantitative estimate of drug-likeness (QED) is 0.216. The molecule has 0 spiro atoms. The largest absolute Gasteiger partial charge is 0.481 e. The summed E-state index contributed by atoms with van der Waals surface area (Å²) in [4.78, 5) is 70.4. The van der Waals surface area contributed by atoms with Crippen molar-refractivity contribution in [1.29, 1.82) is 0 Å². The van der Waals surface area contributed by atoms with Crippen LogP contribution in [-0.2, 0) is 28.8 Å². The Morgan fingerprint density at radius 2 is 1.29 bits per heavy atom. The lowest BCUT2D eigenvalue weighted by molar-refractivity contribution is -0.138. The molecule has 0 radical (unpaired) electrons. The summed E-state index contributed by atoms with van der Waals surface area (Å²) in [6.07, 6.45) is -1.24. The fourth-order valence-electron chi connectivity index (χ4n) is 2.35. The third kappa shape index (κ3) is 7.82.